The molecule has 0 amide bonds. The highest BCUT2D eigenvalue weighted by Gasteiger charge is 2.17. The summed E-state index contributed by atoms with van der Waals surface area (Å²) in [5.74, 6) is 0. The molecule has 0 bridgehead atoms. The molecule has 0 atom stereocenters. The van der Waals surface area contributed by atoms with Crippen LogP contribution in [0.1, 0.15) is 29.2 Å². The highest BCUT2D eigenvalue weighted by molar-refractivity contribution is 6.10. The summed E-state index contributed by atoms with van der Waals surface area (Å²) >= 11 is 0. The van der Waals surface area contributed by atoms with E-state index < -0.39 is 0 Å². The molecule has 0 aliphatic rings. The maximum absolute atomic E-state index is 2.50. The van der Waals surface area contributed by atoms with Crippen LogP contribution in [0.5, 0.6) is 0 Å². The largest absolute Gasteiger partial charge is 0.363 e. The summed E-state index contributed by atoms with van der Waals surface area (Å²) in [6.07, 6.45) is 0. The number of hydrogen-bond donors (Lipinski definition) is 0. The van der Waals surface area contributed by atoms with E-state index in [1.165, 1.54) is 55.4 Å². The molecule has 0 unspecified atom stereocenters. The molecule has 1 heterocycles. The fourth-order valence-electron chi connectivity index (χ4n) is 6.51. The van der Waals surface area contributed by atoms with Gasteiger partial charge in [0.15, 0.2) is 0 Å². The summed E-state index contributed by atoms with van der Waals surface area (Å²) in [5.41, 5.74) is 10.3. The molecule has 0 N–H and O–H groups in total. The average Bonchev–Trinajstić information content (AvgIpc) is 3.42. The van der Waals surface area contributed by atoms with Gasteiger partial charge >= 0.3 is 0 Å². The predicted octanol–water partition coefficient (Wildman–Crippen LogP) is 10.2. The van der Waals surface area contributed by atoms with Crippen molar-refractivity contribution in [2.75, 3.05) is 9.80 Å². The minimum Gasteiger partial charge on any atom is -0.363 e. The van der Waals surface area contributed by atoms with Gasteiger partial charge in [0, 0.05) is 65.9 Å². The topological polar surface area (TPSA) is 11.4 Å². The van der Waals surface area contributed by atoms with Crippen LogP contribution in [0, 0.1) is 0 Å². The molecule has 7 aromatic rings. The Labute approximate surface area is 266 Å². The Hall–Kier alpha value is -5.28. The van der Waals surface area contributed by atoms with Crippen LogP contribution >= 0.6 is 0 Å². The first-order valence-electron chi connectivity index (χ1n) is 16.0. The van der Waals surface area contributed by atoms with Gasteiger partial charge in [-0.25, -0.2) is 0 Å². The number of anilines is 2. The summed E-state index contributed by atoms with van der Waals surface area (Å²) < 4.78 is 2.45. The number of nitrogens with zero attached hydrogens (tertiary/aromatic N) is 3. The average molecular weight is 586 g/mol. The van der Waals surface area contributed by atoms with Crippen LogP contribution in [0.15, 0.2) is 158 Å². The van der Waals surface area contributed by atoms with Crippen LogP contribution < -0.4 is 9.80 Å². The van der Waals surface area contributed by atoms with Crippen LogP contribution in [0.3, 0.4) is 0 Å². The van der Waals surface area contributed by atoms with Crippen LogP contribution in [0.4, 0.5) is 11.4 Å². The molecule has 45 heavy (non-hydrogen) atoms. The zero-order valence-corrected chi connectivity index (χ0v) is 25.9. The van der Waals surface area contributed by atoms with Gasteiger partial charge in [-0.2, -0.15) is 0 Å². The van der Waals surface area contributed by atoms with Crippen LogP contribution in [0.25, 0.3) is 21.8 Å². The number of fused-ring (bicyclic) bond motifs is 3. The third-order valence-corrected chi connectivity index (χ3v) is 8.74. The number of hydrogen-bond acceptors (Lipinski definition) is 2. The Morgan fingerprint density at radius 1 is 0.400 bits per heavy atom. The molecule has 0 spiro atoms. The van der Waals surface area contributed by atoms with Gasteiger partial charge in [0.1, 0.15) is 0 Å². The van der Waals surface area contributed by atoms with Crippen molar-refractivity contribution >= 4 is 33.2 Å². The lowest BCUT2D eigenvalue weighted by Crippen LogP contribution is -2.22. The van der Waals surface area contributed by atoms with Crippen molar-refractivity contribution in [3.8, 4) is 0 Å². The number of benzene rings is 6. The first-order chi connectivity index (χ1) is 22.2. The van der Waals surface area contributed by atoms with Crippen molar-refractivity contribution in [2.24, 2.45) is 0 Å². The zero-order valence-electron chi connectivity index (χ0n) is 25.9. The molecule has 0 fully saturated rings. The molecule has 0 saturated heterocycles. The van der Waals surface area contributed by atoms with Gasteiger partial charge in [-0.3, -0.25) is 0 Å². The highest BCUT2D eigenvalue weighted by Crippen LogP contribution is 2.36. The second-order valence-corrected chi connectivity index (χ2v) is 11.8. The van der Waals surface area contributed by atoms with E-state index in [0.29, 0.717) is 0 Å². The quantitative estimate of drug-likeness (QED) is 0.150. The second-order valence-electron chi connectivity index (χ2n) is 11.8. The van der Waals surface area contributed by atoms with Gasteiger partial charge in [-0.05, 0) is 65.6 Å². The molecule has 7 rings (SSSR count). The SMILES string of the molecule is CCn1c2ccc(N(Cc3ccccc3)Cc3ccccc3)cc2c2cc(N(Cc3ccccc3)Cc3ccccc3)ccc21. The lowest BCUT2D eigenvalue weighted by molar-refractivity contribution is 0.799. The van der Waals surface area contributed by atoms with E-state index >= 15 is 0 Å². The van der Waals surface area contributed by atoms with E-state index in [4.69, 9.17) is 0 Å². The molecule has 6 aromatic carbocycles. The third kappa shape index (κ3) is 6.34. The molecule has 1 aromatic heterocycles. The van der Waals surface area contributed by atoms with E-state index in [1.54, 1.807) is 0 Å². The fourth-order valence-corrected chi connectivity index (χ4v) is 6.51. The fraction of sp³-hybridized carbons (Fsp3) is 0.143. The van der Waals surface area contributed by atoms with E-state index in [-0.39, 0.29) is 0 Å². The maximum Gasteiger partial charge on any atom is 0.0492 e. The summed E-state index contributed by atoms with van der Waals surface area (Å²) in [5, 5.41) is 2.60. The van der Waals surface area contributed by atoms with Crippen LogP contribution in [-0.2, 0) is 32.7 Å². The van der Waals surface area contributed by atoms with Crippen molar-refractivity contribution in [1.82, 2.24) is 4.57 Å². The van der Waals surface area contributed by atoms with Crippen molar-refractivity contribution < 1.29 is 0 Å². The second kappa shape index (κ2) is 13.2. The Morgan fingerprint density at radius 3 is 1.00 bits per heavy atom. The van der Waals surface area contributed by atoms with Gasteiger partial charge in [-0.15, -0.1) is 0 Å². The molecular formula is C42H39N3. The molecule has 3 heteroatoms. The van der Waals surface area contributed by atoms with Gasteiger partial charge < -0.3 is 14.4 Å². The summed E-state index contributed by atoms with van der Waals surface area (Å²) in [7, 11) is 0. The number of rotatable bonds is 11. The highest BCUT2D eigenvalue weighted by atomic mass is 15.1. The minimum atomic E-state index is 0.848. The van der Waals surface area contributed by atoms with Gasteiger partial charge in [0.2, 0.25) is 0 Å². The van der Waals surface area contributed by atoms with Gasteiger partial charge in [0.05, 0.1) is 0 Å². The Kier molecular flexibility index (Phi) is 8.33. The Balaban J connectivity index is 1.32. The summed E-state index contributed by atoms with van der Waals surface area (Å²) in [4.78, 5) is 5.00. The molecule has 0 radical (unpaired) electrons. The standard InChI is InChI=1S/C42H39N3/c1-2-45-41-25-23-37(43(29-33-15-7-3-8-16-33)30-34-17-9-4-10-18-34)27-39(41)40-28-38(24-26-42(40)45)44(31-35-19-11-5-12-20-35)32-36-21-13-6-14-22-36/h3-28H,2,29-32H2,1H3. The van der Waals surface area contributed by atoms with E-state index in [9.17, 15) is 0 Å². The lowest BCUT2D eigenvalue weighted by Gasteiger charge is -2.26. The molecule has 0 aliphatic carbocycles. The van der Waals surface area contributed by atoms with Crippen LogP contribution in [0.2, 0.25) is 0 Å². The molecule has 3 nitrogen and oxygen atoms in total. The number of aromatic nitrogens is 1. The summed E-state index contributed by atoms with van der Waals surface area (Å²) in [6, 6.07) is 57.3. The van der Waals surface area contributed by atoms with E-state index in [2.05, 4.69) is 179 Å². The zero-order chi connectivity index (χ0) is 30.4. The lowest BCUT2D eigenvalue weighted by atomic mass is 10.1. The minimum absolute atomic E-state index is 0.848. The molecule has 222 valence electrons. The van der Waals surface area contributed by atoms with E-state index in [1.807, 2.05) is 0 Å². The normalized spacial score (nSPS) is 11.2. The van der Waals surface area contributed by atoms with Gasteiger partial charge in [0.25, 0.3) is 0 Å². The van der Waals surface area contributed by atoms with Crippen molar-refractivity contribution in [1.29, 1.82) is 0 Å². The van der Waals surface area contributed by atoms with Gasteiger partial charge in [-0.1, -0.05) is 121 Å². The summed E-state index contributed by atoms with van der Waals surface area (Å²) in [6.45, 7) is 6.56. The molecule has 0 saturated carbocycles. The van der Waals surface area contributed by atoms with Crippen molar-refractivity contribution in [3.63, 3.8) is 0 Å². The van der Waals surface area contributed by atoms with Crippen molar-refractivity contribution in [3.05, 3.63) is 180 Å². The smallest absolute Gasteiger partial charge is 0.0492 e. The monoisotopic (exact) mass is 585 g/mol. The Bertz CT molecular complexity index is 1750. The maximum atomic E-state index is 2.50. The predicted molar refractivity (Wildman–Crippen MR) is 191 cm³/mol. The molecule has 0 aliphatic heterocycles. The number of aryl methyl sites for hydroxylation is 1. The third-order valence-electron chi connectivity index (χ3n) is 8.74. The van der Waals surface area contributed by atoms with Crippen LogP contribution in [-0.4, -0.2) is 4.57 Å². The van der Waals surface area contributed by atoms with E-state index in [0.717, 1.165) is 32.7 Å². The first kappa shape index (κ1) is 28.5. The molecular weight excluding hydrogens is 546 g/mol. The Morgan fingerprint density at radius 2 is 0.711 bits per heavy atom. The van der Waals surface area contributed by atoms with Crippen molar-refractivity contribution in [2.45, 2.75) is 39.6 Å². The first-order valence-corrected chi connectivity index (χ1v) is 16.0.